The molecule has 1 aromatic heterocycles. The van der Waals surface area contributed by atoms with Crippen LogP contribution >= 0.6 is 0 Å². The maximum Gasteiger partial charge on any atom is 0.182 e. The summed E-state index contributed by atoms with van der Waals surface area (Å²) in [6, 6.07) is 3.06. The van der Waals surface area contributed by atoms with E-state index in [1.165, 1.54) is 12.3 Å². The van der Waals surface area contributed by atoms with Crippen molar-refractivity contribution in [2.75, 3.05) is 0 Å². The molecule has 5 nitrogen and oxygen atoms in total. The number of pyridine rings is 1. The molecular weight excluding hydrogens is 216 g/mol. The molecule has 2 N–H and O–H groups in total. The third-order valence-corrected chi connectivity index (χ3v) is 4.15. The van der Waals surface area contributed by atoms with E-state index in [0.717, 1.165) is 0 Å². The van der Waals surface area contributed by atoms with Gasteiger partial charge in [-0.05, 0) is 26.0 Å². The summed E-state index contributed by atoms with van der Waals surface area (Å²) in [5.74, 6) is 0. The lowest BCUT2D eigenvalue weighted by Gasteiger charge is -2.07. The average molecular weight is 230 g/mol. The first-order valence-corrected chi connectivity index (χ1v) is 6.09. The van der Waals surface area contributed by atoms with E-state index in [2.05, 4.69) is 4.98 Å². The van der Waals surface area contributed by atoms with Gasteiger partial charge in [0.25, 0.3) is 0 Å². The fourth-order valence-corrected chi connectivity index (χ4v) is 2.04. The van der Waals surface area contributed by atoms with Crippen molar-refractivity contribution in [1.29, 1.82) is 0 Å². The van der Waals surface area contributed by atoms with Crippen molar-refractivity contribution in [2.24, 2.45) is 0 Å². The number of aromatic nitrogens is 1. The van der Waals surface area contributed by atoms with Crippen LogP contribution in [0.4, 0.5) is 0 Å². The number of nitrogens with one attached hydrogen (secondary N) is 1. The van der Waals surface area contributed by atoms with E-state index in [1.54, 1.807) is 19.9 Å². The van der Waals surface area contributed by atoms with Gasteiger partial charge in [-0.3, -0.25) is 4.98 Å². The molecule has 0 aromatic carbocycles. The molecule has 15 heavy (non-hydrogen) atoms. The van der Waals surface area contributed by atoms with Gasteiger partial charge in [0.05, 0.1) is 22.4 Å². The second-order valence-electron chi connectivity index (χ2n) is 3.41. The lowest BCUT2D eigenvalue weighted by Crippen LogP contribution is -2.15. The molecule has 0 spiro atoms. The first-order chi connectivity index (χ1) is 6.98. The Bertz CT molecular complexity index is 411. The summed E-state index contributed by atoms with van der Waals surface area (Å²) in [6.07, 6.45) is 1.31. The summed E-state index contributed by atoms with van der Waals surface area (Å²) in [7, 11) is -3.25. The highest BCUT2D eigenvalue weighted by Gasteiger charge is 2.19. The predicted octanol–water partition coefficient (Wildman–Crippen LogP) is 0.742. The molecule has 1 heterocycles. The normalized spacial score (nSPS) is 12.0. The Labute approximate surface area is 89.0 Å². The zero-order valence-corrected chi connectivity index (χ0v) is 9.45. The quantitative estimate of drug-likeness (QED) is 0.746. The Morgan fingerprint density at radius 1 is 1.47 bits per heavy atom. The maximum atomic E-state index is 11.7. The van der Waals surface area contributed by atoms with Crippen LogP contribution in [0.5, 0.6) is 0 Å². The van der Waals surface area contributed by atoms with Gasteiger partial charge in [-0.15, -0.1) is 0 Å². The lowest BCUT2D eigenvalue weighted by atomic mass is 10.3. The predicted molar refractivity (Wildman–Crippen MR) is 55.2 cm³/mol. The number of rotatable bonds is 4. The molecule has 84 valence electrons. The molecule has 1 rings (SSSR count). The number of nitrogens with zero attached hydrogens (tertiary/aromatic N) is 1. The topological polar surface area (TPSA) is 79.3 Å². The molecule has 0 amide bonds. The Hall–Kier alpha value is -0.980. The van der Waals surface area contributed by atoms with E-state index in [9.17, 15) is 8.42 Å². The van der Waals surface area contributed by atoms with Crippen LogP contribution in [-0.2, 0) is 16.4 Å². The van der Waals surface area contributed by atoms with Crippen molar-refractivity contribution in [3.8, 4) is 0 Å². The van der Waals surface area contributed by atoms with Crippen molar-refractivity contribution in [3.63, 3.8) is 0 Å². The van der Waals surface area contributed by atoms with E-state index in [1.807, 2.05) is 5.48 Å². The molecule has 0 radical (unpaired) electrons. The molecule has 0 aliphatic rings. The first kappa shape index (κ1) is 12.1. The van der Waals surface area contributed by atoms with E-state index in [-0.39, 0.29) is 11.4 Å². The molecular formula is C9H14N2O3S. The summed E-state index contributed by atoms with van der Waals surface area (Å²) in [4.78, 5) is 4.12. The smallest absolute Gasteiger partial charge is 0.182 e. The summed E-state index contributed by atoms with van der Waals surface area (Å²) >= 11 is 0. The molecule has 0 fully saturated rings. The van der Waals surface area contributed by atoms with Gasteiger partial charge in [0.15, 0.2) is 9.84 Å². The van der Waals surface area contributed by atoms with Crippen LogP contribution in [0.2, 0.25) is 0 Å². The molecule has 0 aliphatic carbocycles. The monoisotopic (exact) mass is 230 g/mol. The summed E-state index contributed by atoms with van der Waals surface area (Å²) < 4.78 is 23.4. The number of hydroxylamine groups is 1. The van der Waals surface area contributed by atoms with Gasteiger partial charge < -0.3 is 5.21 Å². The average Bonchev–Trinajstić information content (AvgIpc) is 2.19. The van der Waals surface area contributed by atoms with E-state index >= 15 is 0 Å². The minimum atomic E-state index is -3.25. The van der Waals surface area contributed by atoms with E-state index in [0.29, 0.717) is 5.69 Å². The van der Waals surface area contributed by atoms with Gasteiger partial charge >= 0.3 is 0 Å². The SMILES string of the molecule is CC(C)S(=O)(=O)c1ccc(CNO)nc1. The van der Waals surface area contributed by atoms with Gasteiger partial charge in [0.2, 0.25) is 0 Å². The molecule has 0 bridgehead atoms. The van der Waals surface area contributed by atoms with Gasteiger partial charge in [-0.25, -0.2) is 8.42 Å². The second-order valence-corrected chi connectivity index (χ2v) is 5.92. The Kier molecular flexibility index (Phi) is 3.78. The van der Waals surface area contributed by atoms with E-state index < -0.39 is 15.1 Å². The van der Waals surface area contributed by atoms with Crippen molar-refractivity contribution in [2.45, 2.75) is 30.5 Å². The largest absolute Gasteiger partial charge is 0.316 e. The van der Waals surface area contributed by atoms with Crippen LogP contribution in [0.25, 0.3) is 0 Å². The third kappa shape index (κ3) is 2.74. The maximum absolute atomic E-state index is 11.7. The zero-order valence-electron chi connectivity index (χ0n) is 8.64. The van der Waals surface area contributed by atoms with Crippen molar-refractivity contribution < 1.29 is 13.6 Å². The Morgan fingerprint density at radius 3 is 2.53 bits per heavy atom. The van der Waals surface area contributed by atoms with Gasteiger partial charge in [0.1, 0.15) is 0 Å². The van der Waals surface area contributed by atoms with Gasteiger partial charge in [-0.1, -0.05) is 0 Å². The molecule has 0 saturated heterocycles. The van der Waals surface area contributed by atoms with Crippen LogP contribution in [-0.4, -0.2) is 23.9 Å². The Morgan fingerprint density at radius 2 is 2.13 bits per heavy atom. The van der Waals surface area contributed by atoms with Crippen LogP contribution in [0, 0.1) is 0 Å². The standard InChI is InChI=1S/C9H14N2O3S/c1-7(2)15(13,14)9-4-3-8(5-11-12)10-6-9/h3-4,6-7,11-12H,5H2,1-2H3. The molecule has 0 atom stereocenters. The number of sulfone groups is 1. The zero-order chi connectivity index (χ0) is 11.5. The minimum Gasteiger partial charge on any atom is -0.316 e. The third-order valence-electron chi connectivity index (χ3n) is 2.01. The Balaban J connectivity index is 2.99. The highest BCUT2D eigenvalue weighted by atomic mass is 32.2. The summed E-state index contributed by atoms with van der Waals surface area (Å²) in [6.45, 7) is 3.44. The van der Waals surface area contributed by atoms with Crippen LogP contribution in [0.1, 0.15) is 19.5 Å². The molecule has 0 aliphatic heterocycles. The number of hydrogen-bond acceptors (Lipinski definition) is 5. The fraction of sp³-hybridized carbons (Fsp3) is 0.444. The summed E-state index contributed by atoms with van der Waals surface area (Å²) in [5.41, 5.74) is 2.54. The molecule has 0 unspecified atom stereocenters. The highest BCUT2D eigenvalue weighted by Crippen LogP contribution is 2.14. The van der Waals surface area contributed by atoms with Crippen LogP contribution in [0.15, 0.2) is 23.2 Å². The first-order valence-electron chi connectivity index (χ1n) is 4.54. The van der Waals surface area contributed by atoms with Crippen molar-refractivity contribution in [3.05, 3.63) is 24.0 Å². The van der Waals surface area contributed by atoms with Crippen LogP contribution < -0.4 is 5.48 Å². The molecule has 1 aromatic rings. The summed E-state index contributed by atoms with van der Waals surface area (Å²) in [5, 5.41) is 7.97. The molecule has 6 heteroatoms. The highest BCUT2D eigenvalue weighted by molar-refractivity contribution is 7.92. The minimum absolute atomic E-state index is 0.196. The number of hydrogen-bond donors (Lipinski definition) is 2. The molecule has 0 saturated carbocycles. The van der Waals surface area contributed by atoms with E-state index in [4.69, 9.17) is 5.21 Å². The van der Waals surface area contributed by atoms with Crippen molar-refractivity contribution in [1.82, 2.24) is 10.5 Å². The second kappa shape index (κ2) is 4.69. The lowest BCUT2D eigenvalue weighted by molar-refractivity contribution is 0.160. The van der Waals surface area contributed by atoms with Crippen LogP contribution in [0.3, 0.4) is 0 Å². The van der Waals surface area contributed by atoms with Gasteiger partial charge in [0, 0.05) is 6.20 Å². The van der Waals surface area contributed by atoms with Crippen molar-refractivity contribution >= 4 is 9.84 Å². The van der Waals surface area contributed by atoms with Gasteiger partial charge in [-0.2, -0.15) is 5.48 Å². The fourth-order valence-electron chi connectivity index (χ4n) is 1.04.